The van der Waals surface area contributed by atoms with E-state index in [1.165, 1.54) is 0 Å². The molecule has 1 aliphatic heterocycles. The minimum Gasteiger partial charge on any atom is -0.481 e. The van der Waals surface area contributed by atoms with Gasteiger partial charge in [0.05, 0.1) is 12.3 Å². The second-order valence-electron chi connectivity index (χ2n) is 11.9. The van der Waals surface area contributed by atoms with Crippen molar-refractivity contribution >= 4 is 40.8 Å². The summed E-state index contributed by atoms with van der Waals surface area (Å²) < 4.78 is 59.7. The number of rotatable bonds is 9. The largest absolute Gasteiger partial charge is 0.481 e. The van der Waals surface area contributed by atoms with Crippen LogP contribution in [-0.2, 0) is 35.8 Å². The zero-order valence-corrected chi connectivity index (χ0v) is 25.5. The third-order valence-electron chi connectivity index (χ3n) is 7.46. The van der Waals surface area contributed by atoms with Gasteiger partial charge >= 0.3 is 17.8 Å². The highest BCUT2D eigenvalue weighted by Gasteiger charge is 2.37. The lowest BCUT2D eigenvalue weighted by Gasteiger charge is -2.34. The van der Waals surface area contributed by atoms with Crippen molar-refractivity contribution in [2.24, 2.45) is 5.92 Å². The molecule has 47 heavy (non-hydrogen) atoms. The number of ketones is 1. The molecule has 4 rings (SSSR count). The fourth-order valence-electron chi connectivity index (χ4n) is 5.14. The summed E-state index contributed by atoms with van der Waals surface area (Å²) in [5, 5.41) is 14.2. The molecule has 10 nitrogen and oxygen atoms in total. The van der Waals surface area contributed by atoms with Gasteiger partial charge in [0.1, 0.15) is 12.6 Å². The Morgan fingerprint density at radius 3 is 2.21 bits per heavy atom. The van der Waals surface area contributed by atoms with Crippen LogP contribution in [0.4, 0.5) is 28.9 Å². The summed E-state index contributed by atoms with van der Waals surface area (Å²) in [5.41, 5.74) is 1.73. The molecule has 3 N–H and O–H groups in total. The second kappa shape index (κ2) is 14.0. The van der Waals surface area contributed by atoms with E-state index in [2.05, 4.69) is 15.4 Å². The van der Waals surface area contributed by atoms with Crippen LogP contribution in [0, 0.1) is 29.2 Å². The molecule has 2 atom stereocenters. The predicted octanol–water partition coefficient (Wildman–Crippen LogP) is 4.29. The molecule has 0 bridgehead atoms. The van der Waals surface area contributed by atoms with Gasteiger partial charge < -0.3 is 25.4 Å². The lowest BCUT2D eigenvalue weighted by Crippen LogP contribution is -2.52. The molecule has 0 saturated carbocycles. The SMILES string of the molecule is CC(C)(C)c1ccccc1NC(=O)C(=O)N1C[C@@H](C(=O)N[C@@H](CC(=O)O)C(=O)COc2c(F)c(F)cc(F)c2F)Cc2ccccc21. The first kappa shape index (κ1) is 34.6. The van der Waals surface area contributed by atoms with Crippen LogP contribution in [0.3, 0.4) is 0 Å². The molecule has 3 aromatic rings. The number of benzene rings is 3. The maximum absolute atomic E-state index is 14.0. The van der Waals surface area contributed by atoms with E-state index in [1.54, 1.807) is 42.5 Å². The van der Waals surface area contributed by atoms with Gasteiger partial charge in [-0.3, -0.25) is 24.0 Å². The van der Waals surface area contributed by atoms with Crippen LogP contribution in [0.25, 0.3) is 0 Å². The van der Waals surface area contributed by atoms with Gasteiger partial charge in [-0.05, 0) is 35.1 Å². The minimum atomic E-state index is -1.91. The number of hydrogen-bond acceptors (Lipinski definition) is 6. The van der Waals surface area contributed by atoms with E-state index in [0.29, 0.717) is 16.9 Å². The molecule has 3 aromatic carbocycles. The summed E-state index contributed by atoms with van der Waals surface area (Å²) in [4.78, 5) is 65.6. The average molecular weight is 658 g/mol. The van der Waals surface area contributed by atoms with Gasteiger partial charge in [0, 0.05) is 24.0 Å². The highest BCUT2D eigenvalue weighted by molar-refractivity contribution is 6.44. The number of halogens is 4. The summed E-state index contributed by atoms with van der Waals surface area (Å²) in [6.45, 7) is 4.26. The summed E-state index contributed by atoms with van der Waals surface area (Å²) >= 11 is 0. The van der Waals surface area contributed by atoms with Gasteiger partial charge in [0.2, 0.25) is 17.5 Å². The molecular weight excluding hydrogens is 626 g/mol. The zero-order chi connectivity index (χ0) is 34.6. The van der Waals surface area contributed by atoms with E-state index in [0.717, 1.165) is 10.5 Å². The number of Topliss-reactive ketones (excluding diaryl/α,β-unsaturated/α-hetero) is 1. The number of anilines is 2. The van der Waals surface area contributed by atoms with Crippen LogP contribution in [0.5, 0.6) is 5.75 Å². The van der Waals surface area contributed by atoms with Crippen LogP contribution in [0.1, 0.15) is 38.3 Å². The Kier molecular flexibility index (Phi) is 10.3. The van der Waals surface area contributed by atoms with Gasteiger partial charge in [0.25, 0.3) is 0 Å². The molecule has 0 radical (unpaired) electrons. The molecule has 248 valence electrons. The minimum absolute atomic E-state index is 0.0454. The number of amides is 3. The van der Waals surface area contributed by atoms with E-state index in [1.807, 2.05) is 26.8 Å². The average Bonchev–Trinajstić information content (AvgIpc) is 3.02. The molecule has 0 unspecified atom stereocenters. The number of nitrogens with one attached hydrogen (secondary N) is 2. The fourth-order valence-corrected chi connectivity index (χ4v) is 5.14. The molecule has 3 amide bonds. The number of carbonyl (C=O) groups is 5. The van der Waals surface area contributed by atoms with Crippen molar-refractivity contribution in [2.45, 2.75) is 45.1 Å². The van der Waals surface area contributed by atoms with Crippen molar-refractivity contribution < 1.29 is 51.4 Å². The lowest BCUT2D eigenvalue weighted by atomic mass is 9.86. The number of ether oxygens (including phenoxy) is 1. The van der Waals surface area contributed by atoms with E-state index in [9.17, 15) is 46.6 Å². The highest BCUT2D eigenvalue weighted by Crippen LogP contribution is 2.32. The standard InChI is InChI=1S/C33H31F4N3O7/c1-33(2,3)19-9-5-6-10-22(19)38-31(45)32(46)40-15-18(12-17-8-4-7-11-24(17)40)30(44)39-23(14-26(42)43)25(41)16-47-29-27(36)20(34)13-21(35)28(29)37/h4-11,13,18,23H,12,14-16H2,1-3H3,(H,38,45)(H,39,44)(H,42,43)/t18-,23-/m0/s1. The van der Waals surface area contributed by atoms with Crippen molar-refractivity contribution in [2.75, 3.05) is 23.4 Å². The number of carbonyl (C=O) groups excluding carboxylic acids is 4. The molecule has 0 fully saturated rings. The molecule has 1 heterocycles. The third kappa shape index (κ3) is 7.94. The van der Waals surface area contributed by atoms with Gasteiger partial charge in [-0.15, -0.1) is 0 Å². The van der Waals surface area contributed by atoms with Crippen molar-refractivity contribution in [1.29, 1.82) is 0 Å². The van der Waals surface area contributed by atoms with Crippen LogP contribution in [0.2, 0.25) is 0 Å². The number of hydrogen-bond donors (Lipinski definition) is 3. The lowest BCUT2D eigenvalue weighted by molar-refractivity contribution is -0.141. The molecule has 0 spiro atoms. The Balaban J connectivity index is 1.52. The first-order valence-corrected chi connectivity index (χ1v) is 14.4. The third-order valence-corrected chi connectivity index (χ3v) is 7.46. The van der Waals surface area contributed by atoms with Gasteiger partial charge in [-0.1, -0.05) is 57.2 Å². The maximum atomic E-state index is 14.0. The smallest absolute Gasteiger partial charge is 0.316 e. The van der Waals surface area contributed by atoms with Crippen LogP contribution < -0.4 is 20.3 Å². The van der Waals surface area contributed by atoms with E-state index < -0.39 is 83.5 Å². The normalized spacial score (nSPS) is 14.9. The van der Waals surface area contributed by atoms with Crippen molar-refractivity contribution in [3.63, 3.8) is 0 Å². The zero-order valence-electron chi connectivity index (χ0n) is 25.5. The summed E-state index contributed by atoms with van der Waals surface area (Å²) in [6.07, 6.45) is -0.929. The molecule has 0 aromatic heterocycles. The van der Waals surface area contributed by atoms with E-state index >= 15 is 0 Å². The van der Waals surface area contributed by atoms with Gasteiger partial charge in [-0.2, -0.15) is 8.78 Å². The topological polar surface area (TPSA) is 142 Å². The molecule has 0 saturated heterocycles. The summed E-state index contributed by atoms with van der Waals surface area (Å²) in [5.74, 6) is -15.5. The number of carboxylic acid groups (broad SMARTS) is 1. The Morgan fingerprint density at radius 1 is 0.957 bits per heavy atom. The number of nitrogens with zero attached hydrogens (tertiary/aromatic N) is 1. The summed E-state index contributed by atoms with van der Waals surface area (Å²) in [7, 11) is 0. The van der Waals surface area contributed by atoms with Crippen LogP contribution in [0.15, 0.2) is 54.6 Å². The van der Waals surface area contributed by atoms with Crippen LogP contribution in [-0.4, -0.2) is 53.8 Å². The number of aliphatic carboxylic acids is 1. The van der Waals surface area contributed by atoms with Crippen molar-refractivity contribution in [3.8, 4) is 5.75 Å². The second-order valence-corrected chi connectivity index (χ2v) is 11.9. The first-order chi connectivity index (χ1) is 22.1. The van der Waals surface area contributed by atoms with Crippen LogP contribution >= 0.6 is 0 Å². The number of para-hydroxylation sites is 2. The Bertz CT molecular complexity index is 1720. The molecule has 0 aliphatic carbocycles. The van der Waals surface area contributed by atoms with Gasteiger partial charge in [0.15, 0.2) is 23.2 Å². The predicted molar refractivity (Wildman–Crippen MR) is 161 cm³/mol. The van der Waals surface area contributed by atoms with Crippen molar-refractivity contribution in [3.05, 3.63) is 89.0 Å². The van der Waals surface area contributed by atoms with Crippen molar-refractivity contribution in [1.82, 2.24) is 5.32 Å². The Morgan fingerprint density at radius 2 is 1.57 bits per heavy atom. The Hall–Kier alpha value is -5.27. The number of carboxylic acids is 1. The molecular formula is C33H31F4N3O7. The Labute approximate surface area is 266 Å². The monoisotopic (exact) mass is 657 g/mol. The quantitative estimate of drug-likeness (QED) is 0.177. The number of fused-ring (bicyclic) bond motifs is 1. The molecule has 1 aliphatic rings. The first-order valence-electron chi connectivity index (χ1n) is 14.4. The highest BCUT2D eigenvalue weighted by atomic mass is 19.2. The summed E-state index contributed by atoms with van der Waals surface area (Å²) in [6, 6.07) is 11.7. The van der Waals surface area contributed by atoms with Gasteiger partial charge in [-0.25, -0.2) is 8.78 Å². The van der Waals surface area contributed by atoms with E-state index in [4.69, 9.17) is 0 Å². The van der Waals surface area contributed by atoms with E-state index in [-0.39, 0.29) is 24.4 Å². The fraction of sp³-hybridized carbons (Fsp3) is 0.303. The maximum Gasteiger partial charge on any atom is 0.316 e. The molecule has 14 heteroatoms.